The molecule has 1 aliphatic rings. The Morgan fingerprint density at radius 1 is 1.62 bits per heavy atom. The molecule has 6 nitrogen and oxygen atoms in total. The van der Waals surface area contributed by atoms with Gasteiger partial charge in [0.25, 0.3) is 0 Å². The van der Waals surface area contributed by atoms with Gasteiger partial charge in [-0.15, -0.1) is 0 Å². The van der Waals surface area contributed by atoms with Crippen molar-refractivity contribution in [3.05, 3.63) is 0 Å². The number of nitrogens with one attached hydrogen (secondary N) is 1. The Hall–Kier alpha value is -1.08. The first-order valence-electron chi connectivity index (χ1n) is 4.84. The van der Waals surface area contributed by atoms with E-state index in [1.54, 1.807) is 0 Å². The van der Waals surface area contributed by atoms with Crippen LogP contribution in [0, 0.1) is 5.92 Å². The number of rotatable bonds is 4. The molecular weight excluding hydrogens is 232 g/mol. The van der Waals surface area contributed by atoms with E-state index >= 15 is 0 Å². The second kappa shape index (κ2) is 5.86. The average molecular weight is 246 g/mol. The van der Waals surface area contributed by atoms with Gasteiger partial charge in [0.1, 0.15) is 5.78 Å². The molecule has 0 radical (unpaired) electrons. The summed E-state index contributed by atoms with van der Waals surface area (Å²) in [6, 6.07) is 0. The molecule has 1 saturated carbocycles. The lowest BCUT2D eigenvalue weighted by Gasteiger charge is -2.08. The van der Waals surface area contributed by atoms with Gasteiger partial charge >= 0.3 is 6.09 Å². The summed E-state index contributed by atoms with van der Waals surface area (Å²) in [6.07, 6.45) is 1.65. The molecule has 2 atom stereocenters. The third kappa shape index (κ3) is 2.96. The number of ketones is 2. The minimum atomic E-state index is -0.765. The van der Waals surface area contributed by atoms with Gasteiger partial charge in [-0.1, -0.05) is 0 Å². The van der Waals surface area contributed by atoms with Crippen LogP contribution in [0.5, 0.6) is 0 Å². The van der Waals surface area contributed by atoms with E-state index in [0.717, 1.165) is 0 Å². The zero-order valence-electron chi connectivity index (χ0n) is 8.89. The van der Waals surface area contributed by atoms with Gasteiger partial charge < -0.3 is 10.2 Å². The number of carbonyl (C=O) groups excluding carboxylic acids is 3. The maximum atomic E-state index is 11.7. The highest BCUT2D eigenvalue weighted by Gasteiger charge is 2.40. The number of thioether (sulfide) groups is 1. The van der Waals surface area contributed by atoms with Crippen LogP contribution in [0.25, 0.3) is 0 Å². The van der Waals surface area contributed by atoms with Crippen molar-refractivity contribution in [2.75, 3.05) is 12.8 Å². The standard InChI is InChI=1S/C9H14N2O4S/c1-16-7-4-6(12)5(8(7)13)2-3-11-9(14)15-10/h5,7H,2-4,10H2,1H3,(H,11,14). The number of carbonyl (C=O) groups is 3. The molecule has 0 bridgehead atoms. The second-order valence-electron chi connectivity index (χ2n) is 3.47. The molecule has 0 spiro atoms. The third-order valence-electron chi connectivity index (χ3n) is 2.53. The maximum Gasteiger partial charge on any atom is 0.425 e. The highest BCUT2D eigenvalue weighted by molar-refractivity contribution is 8.00. The van der Waals surface area contributed by atoms with Crippen molar-refractivity contribution in [2.24, 2.45) is 11.8 Å². The topological polar surface area (TPSA) is 98.5 Å². The zero-order valence-corrected chi connectivity index (χ0v) is 9.71. The molecule has 1 fully saturated rings. The molecule has 1 amide bonds. The Bertz CT molecular complexity index is 308. The zero-order chi connectivity index (χ0) is 12.1. The van der Waals surface area contributed by atoms with E-state index in [-0.39, 0.29) is 23.4 Å². The Balaban J connectivity index is 2.40. The van der Waals surface area contributed by atoms with E-state index in [1.807, 2.05) is 6.26 Å². The van der Waals surface area contributed by atoms with Crippen LogP contribution in [0.4, 0.5) is 4.79 Å². The van der Waals surface area contributed by atoms with Crippen molar-refractivity contribution < 1.29 is 19.2 Å². The van der Waals surface area contributed by atoms with E-state index in [1.165, 1.54) is 11.8 Å². The van der Waals surface area contributed by atoms with Gasteiger partial charge in [0.2, 0.25) is 0 Å². The molecular formula is C9H14N2O4S. The largest absolute Gasteiger partial charge is 0.425 e. The molecule has 90 valence electrons. The second-order valence-corrected chi connectivity index (χ2v) is 4.51. The SMILES string of the molecule is CSC1CC(=O)C(CCNC(=O)ON)C1=O. The van der Waals surface area contributed by atoms with E-state index in [0.29, 0.717) is 12.8 Å². The van der Waals surface area contributed by atoms with Gasteiger partial charge in [-0.3, -0.25) is 9.59 Å². The summed E-state index contributed by atoms with van der Waals surface area (Å²) in [6.45, 7) is 0.208. The fourth-order valence-electron chi connectivity index (χ4n) is 1.67. The van der Waals surface area contributed by atoms with Crippen LogP contribution in [-0.4, -0.2) is 35.7 Å². The summed E-state index contributed by atoms with van der Waals surface area (Å²) in [5, 5.41) is 2.11. The van der Waals surface area contributed by atoms with Crippen molar-refractivity contribution in [3.8, 4) is 0 Å². The average Bonchev–Trinajstić information content (AvgIpc) is 2.55. The third-order valence-corrected chi connectivity index (χ3v) is 3.50. The lowest BCUT2D eigenvalue weighted by Crippen LogP contribution is -2.30. The first-order valence-corrected chi connectivity index (χ1v) is 6.12. The highest BCUT2D eigenvalue weighted by atomic mass is 32.2. The molecule has 7 heteroatoms. The molecule has 1 rings (SSSR count). The molecule has 0 saturated heterocycles. The first kappa shape index (κ1) is 13.0. The first-order chi connectivity index (χ1) is 7.60. The summed E-state index contributed by atoms with van der Waals surface area (Å²) >= 11 is 1.39. The Kier molecular flexibility index (Phi) is 4.75. The van der Waals surface area contributed by atoms with E-state index in [4.69, 9.17) is 0 Å². The van der Waals surface area contributed by atoms with Crippen molar-refractivity contribution in [3.63, 3.8) is 0 Å². The number of nitrogens with two attached hydrogens (primary N) is 1. The molecule has 3 N–H and O–H groups in total. The Morgan fingerprint density at radius 3 is 2.81 bits per heavy atom. The molecule has 0 heterocycles. The minimum Gasteiger partial charge on any atom is -0.357 e. The van der Waals surface area contributed by atoms with Crippen LogP contribution in [0.2, 0.25) is 0 Å². The number of amides is 1. The van der Waals surface area contributed by atoms with E-state index < -0.39 is 12.0 Å². The molecule has 16 heavy (non-hydrogen) atoms. The summed E-state index contributed by atoms with van der Waals surface area (Å²) < 4.78 is 0. The lowest BCUT2D eigenvalue weighted by molar-refractivity contribution is -0.127. The van der Waals surface area contributed by atoms with Gasteiger partial charge in [0, 0.05) is 13.0 Å². The summed E-state index contributed by atoms with van der Waals surface area (Å²) in [5.74, 6) is 3.94. The summed E-state index contributed by atoms with van der Waals surface area (Å²) in [5.41, 5.74) is 0. The Labute approximate surface area is 97.2 Å². The molecule has 0 aromatic carbocycles. The van der Waals surface area contributed by atoms with Gasteiger partial charge in [0.05, 0.1) is 11.2 Å². The molecule has 0 aromatic rings. The van der Waals surface area contributed by atoms with Gasteiger partial charge in [-0.05, 0) is 12.7 Å². The van der Waals surface area contributed by atoms with E-state index in [2.05, 4.69) is 16.1 Å². The summed E-state index contributed by atoms with van der Waals surface area (Å²) in [4.78, 5) is 37.7. The maximum absolute atomic E-state index is 11.7. The molecule has 2 unspecified atom stereocenters. The van der Waals surface area contributed by atoms with Gasteiger partial charge in [0.15, 0.2) is 5.78 Å². The molecule has 0 aliphatic heterocycles. The fourth-order valence-corrected chi connectivity index (χ4v) is 2.40. The minimum absolute atomic E-state index is 0.0413. The van der Waals surface area contributed by atoms with Crippen LogP contribution in [0.1, 0.15) is 12.8 Å². The van der Waals surface area contributed by atoms with Crippen LogP contribution in [0.15, 0.2) is 0 Å². The monoisotopic (exact) mass is 246 g/mol. The van der Waals surface area contributed by atoms with Crippen molar-refractivity contribution in [1.82, 2.24) is 5.32 Å². The highest BCUT2D eigenvalue weighted by Crippen LogP contribution is 2.28. The molecule has 1 aliphatic carbocycles. The van der Waals surface area contributed by atoms with Crippen LogP contribution >= 0.6 is 11.8 Å². The van der Waals surface area contributed by atoms with Gasteiger partial charge in [-0.2, -0.15) is 17.7 Å². The van der Waals surface area contributed by atoms with Crippen LogP contribution in [-0.2, 0) is 14.4 Å². The smallest absolute Gasteiger partial charge is 0.357 e. The molecule has 0 aromatic heterocycles. The Morgan fingerprint density at radius 2 is 2.31 bits per heavy atom. The quantitative estimate of drug-likeness (QED) is 0.529. The van der Waals surface area contributed by atoms with E-state index in [9.17, 15) is 14.4 Å². The predicted molar refractivity (Wildman–Crippen MR) is 58.7 cm³/mol. The number of Topliss-reactive ketones (excluding diaryl/α,β-unsaturated/α-hetero) is 2. The van der Waals surface area contributed by atoms with Crippen molar-refractivity contribution in [1.29, 1.82) is 0 Å². The normalized spacial score (nSPS) is 24.6. The van der Waals surface area contributed by atoms with Crippen LogP contribution < -0.4 is 11.2 Å². The number of hydrogen-bond donors (Lipinski definition) is 2. The van der Waals surface area contributed by atoms with Crippen molar-refractivity contribution >= 4 is 29.4 Å². The van der Waals surface area contributed by atoms with Crippen LogP contribution in [0.3, 0.4) is 0 Å². The predicted octanol–water partition coefficient (Wildman–Crippen LogP) is -0.134. The van der Waals surface area contributed by atoms with Crippen molar-refractivity contribution in [2.45, 2.75) is 18.1 Å². The van der Waals surface area contributed by atoms with Gasteiger partial charge in [-0.25, -0.2) is 4.79 Å². The fraction of sp³-hybridized carbons (Fsp3) is 0.667. The number of hydrogen-bond acceptors (Lipinski definition) is 6. The lowest BCUT2D eigenvalue weighted by atomic mass is 10.0. The summed E-state index contributed by atoms with van der Waals surface area (Å²) in [7, 11) is 0.